The van der Waals surface area contributed by atoms with E-state index in [0.29, 0.717) is 5.89 Å². The largest absolute Gasteiger partial charge is 0.411 e. The zero-order valence-electron chi connectivity index (χ0n) is 13.0. The lowest BCUT2D eigenvalue weighted by Crippen LogP contribution is -2.11. The third-order valence-corrected chi connectivity index (χ3v) is 4.21. The zero-order chi connectivity index (χ0) is 18.0. The van der Waals surface area contributed by atoms with Crippen LogP contribution in [0.15, 0.2) is 57.0 Å². The first-order chi connectivity index (χ1) is 11.9. The van der Waals surface area contributed by atoms with E-state index in [2.05, 4.69) is 10.2 Å². The van der Waals surface area contributed by atoms with E-state index in [4.69, 9.17) is 10.2 Å². The van der Waals surface area contributed by atoms with Crippen LogP contribution >= 0.6 is 11.8 Å². The Labute approximate surface area is 146 Å². The van der Waals surface area contributed by atoms with Gasteiger partial charge in [0.1, 0.15) is 0 Å². The maximum atomic E-state index is 11.2. The maximum absolute atomic E-state index is 11.2. The molecule has 0 saturated carbocycles. The van der Waals surface area contributed by atoms with Crippen LogP contribution in [0.4, 0.5) is 5.69 Å². The van der Waals surface area contributed by atoms with Gasteiger partial charge in [0, 0.05) is 17.2 Å². The zero-order valence-corrected chi connectivity index (χ0v) is 13.8. The summed E-state index contributed by atoms with van der Waals surface area (Å²) in [6.45, 7) is 1.94. The molecule has 0 atom stereocenters. The van der Waals surface area contributed by atoms with Crippen LogP contribution in [0.5, 0.6) is 0 Å². The van der Waals surface area contributed by atoms with Gasteiger partial charge in [0.15, 0.2) is 0 Å². The molecule has 0 aliphatic rings. The van der Waals surface area contributed by atoms with Crippen molar-refractivity contribution in [2.24, 2.45) is 5.73 Å². The third kappa shape index (κ3) is 3.66. The predicted molar refractivity (Wildman–Crippen MR) is 90.2 cm³/mol. The highest BCUT2D eigenvalue weighted by Crippen LogP contribution is 2.35. The van der Waals surface area contributed by atoms with Crippen molar-refractivity contribution in [2.45, 2.75) is 17.0 Å². The normalized spacial score (nSPS) is 10.6. The van der Waals surface area contributed by atoms with Gasteiger partial charge >= 0.3 is 0 Å². The molecule has 3 aromatic rings. The van der Waals surface area contributed by atoms with Gasteiger partial charge in [-0.1, -0.05) is 17.7 Å². The minimum absolute atomic E-state index is 0.0574. The second-order valence-electron chi connectivity index (χ2n) is 5.15. The van der Waals surface area contributed by atoms with Crippen LogP contribution in [0.2, 0.25) is 0 Å². The van der Waals surface area contributed by atoms with E-state index in [1.54, 1.807) is 0 Å². The first-order valence-electron chi connectivity index (χ1n) is 7.10. The second-order valence-corrected chi connectivity index (χ2v) is 6.14. The van der Waals surface area contributed by atoms with Crippen LogP contribution < -0.4 is 5.73 Å². The number of aryl methyl sites for hydroxylation is 1. The number of nitrogens with zero attached hydrogens (tertiary/aromatic N) is 3. The molecule has 0 spiro atoms. The quantitative estimate of drug-likeness (QED) is 0.549. The summed E-state index contributed by atoms with van der Waals surface area (Å²) in [5.41, 5.74) is 6.77. The number of amides is 1. The molecule has 1 aromatic heterocycles. The van der Waals surface area contributed by atoms with E-state index in [9.17, 15) is 14.9 Å². The fourth-order valence-corrected chi connectivity index (χ4v) is 2.90. The molecule has 2 aromatic carbocycles. The van der Waals surface area contributed by atoms with Crippen molar-refractivity contribution >= 4 is 23.4 Å². The fraction of sp³-hybridized carbons (Fsp3) is 0.0625. The highest BCUT2D eigenvalue weighted by atomic mass is 32.2. The van der Waals surface area contributed by atoms with E-state index in [-0.39, 0.29) is 21.4 Å². The molecule has 0 saturated heterocycles. The summed E-state index contributed by atoms with van der Waals surface area (Å²) >= 11 is 0.949. The Morgan fingerprint density at radius 2 is 2.04 bits per heavy atom. The van der Waals surface area contributed by atoms with E-state index in [1.165, 1.54) is 12.1 Å². The Kier molecular flexibility index (Phi) is 4.48. The number of carbonyl (C=O) groups is 1. The topological polar surface area (TPSA) is 125 Å². The van der Waals surface area contributed by atoms with Crippen LogP contribution in [-0.4, -0.2) is 21.0 Å². The van der Waals surface area contributed by atoms with Crippen LogP contribution in [0.3, 0.4) is 0 Å². The Hall–Kier alpha value is -3.20. The summed E-state index contributed by atoms with van der Waals surface area (Å²) in [5, 5.41) is 19.3. The highest BCUT2D eigenvalue weighted by molar-refractivity contribution is 7.99. The van der Waals surface area contributed by atoms with Crippen molar-refractivity contribution in [3.05, 3.63) is 63.7 Å². The van der Waals surface area contributed by atoms with Gasteiger partial charge in [-0.2, -0.15) is 0 Å². The number of primary amides is 1. The Balaban J connectivity index is 1.90. The maximum Gasteiger partial charge on any atom is 0.284 e. The molecule has 8 nitrogen and oxygen atoms in total. The molecule has 25 heavy (non-hydrogen) atoms. The lowest BCUT2D eigenvalue weighted by atomic mass is 10.1. The van der Waals surface area contributed by atoms with Crippen LogP contribution in [0.25, 0.3) is 11.5 Å². The molecule has 126 valence electrons. The molecule has 1 heterocycles. The summed E-state index contributed by atoms with van der Waals surface area (Å²) in [7, 11) is 0. The van der Waals surface area contributed by atoms with Crippen molar-refractivity contribution in [1.29, 1.82) is 0 Å². The molecular weight excluding hydrogens is 344 g/mol. The van der Waals surface area contributed by atoms with Gasteiger partial charge in [-0.15, -0.1) is 10.2 Å². The summed E-state index contributed by atoms with van der Waals surface area (Å²) in [4.78, 5) is 22.1. The Morgan fingerprint density at radius 3 is 2.72 bits per heavy atom. The molecule has 0 fully saturated rings. The number of nitrogens with two attached hydrogens (primary N) is 1. The summed E-state index contributed by atoms with van der Waals surface area (Å²) in [6, 6.07) is 11.5. The molecular formula is C16H12N4O4S. The minimum Gasteiger partial charge on any atom is -0.411 e. The van der Waals surface area contributed by atoms with Gasteiger partial charge in [0.25, 0.3) is 10.9 Å². The number of nitro groups is 1. The molecule has 0 aliphatic carbocycles. The summed E-state index contributed by atoms with van der Waals surface area (Å²) < 4.78 is 5.57. The molecule has 0 radical (unpaired) electrons. The summed E-state index contributed by atoms with van der Waals surface area (Å²) in [6.07, 6.45) is 0. The third-order valence-electron chi connectivity index (χ3n) is 3.31. The predicted octanol–water partition coefficient (Wildman–Crippen LogP) is 3.20. The standard InChI is InChI=1S/C16H12N4O4S/c1-9-3-2-4-11(7-9)15-18-19-16(24-15)25-13-6-5-10(14(17)21)8-12(13)20(22)23/h2-8H,1H3,(H2,17,21). The fourth-order valence-electron chi connectivity index (χ4n) is 2.14. The lowest BCUT2D eigenvalue weighted by Gasteiger charge is -2.01. The van der Waals surface area contributed by atoms with Gasteiger partial charge in [0.2, 0.25) is 11.8 Å². The van der Waals surface area contributed by atoms with Crippen LogP contribution in [-0.2, 0) is 0 Å². The SMILES string of the molecule is Cc1cccc(-c2nnc(Sc3ccc(C(N)=O)cc3[N+](=O)[O-])o2)c1. The van der Waals surface area contributed by atoms with Crippen LogP contribution in [0, 0.1) is 17.0 Å². The highest BCUT2D eigenvalue weighted by Gasteiger charge is 2.20. The smallest absolute Gasteiger partial charge is 0.284 e. The molecule has 0 unspecified atom stereocenters. The van der Waals surface area contributed by atoms with Crippen molar-refractivity contribution in [1.82, 2.24) is 10.2 Å². The molecule has 2 N–H and O–H groups in total. The second kappa shape index (κ2) is 6.73. The van der Waals surface area contributed by atoms with E-state index < -0.39 is 10.8 Å². The Morgan fingerprint density at radius 1 is 1.24 bits per heavy atom. The molecule has 0 aliphatic heterocycles. The number of benzene rings is 2. The summed E-state index contributed by atoms with van der Waals surface area (Å²) in [5.74, 6) is -0.415. The van der Waals surface area contributed by atoms with Crippen LogP contribution in [0.1, 0.15) is 15.9 Å². The molecule has 0 bridgehead atoms. The van der Waals surface area contributed by atoms with Gasteiger partial charge in [-0.25, -0.2) is 0 Å². The van der Waals surface area contributed by atoms with Gasteiger partial charge in [-0.05, 0) is 43.0 Å². The molecule has 9 heteroatoms. The number of hydrogen-bond donors (Lipinski definition) is 1. The molecule has 3 rings (SSSR count). The minimum atomic E-state index is -0.737. The Bertz CT molecular complexity index is 970. The van der Waals surface area contributed by atoms with E-state index in [0.717, 1.165) is 29.0 Å². The number of rotatable bonds is 5. The average molecular weight is 356 g/mol. The van der Waals surface area contributed by atoms with Crippen molar-refractivity contribution in [3.8, 4) is 11.5 Å². The van der Waals surface area contributed by atoms with Gasteiger partial charge < -0.3 is 10.2 Å². The monoisotopic (exact) mass is 356 g/mol. The van der Waals surface area contributed by atoms with Gasteiger partial charge in [0.05, 0.1) is 9.82 Å². The number of hydrogen-bond acceptors (Lipinski definition) is 7. The number of carbonyl (C=O) groups excluding carboxylic acids is 1. The van der Waals surface area contributed by atoms with Gasteiger partial charge in [-0.3, -0.25) is 14.9 Å². The first-order valence-corrected chi connectivity index (χ1v) is 7.92. The van der Waals surface area contributed by atoms with E-state index >= 15 is 0 Å². The van der Waals surface area contributed by atoms with Crippen molar-refractivity contribution < 1.29 is 14.1 Å². The van der Waals surface area contributed by atoms with Crippen molar-refractivity contribution in [2.75, 3.05) is 0 Å². The molecule has 1 amide bonds. The van der Waals surface area contributed by atoms with Crippen molar-refractivity contribution in [3.63, 3.8) is 0 Å². The average Bonchev–Trinajstić information content (AvgIpc) is 3.03. The van der Waals surface area contributed by atoms with E-state index in [1.807, 2.05) is 31.2 Å². The number of nitro benzene ring substituents is 1. The number of aromatic nitrogens is 2. The first kappa shape index (κ1) is 16.7. The lowest BCUT2D eigenvalue weighted by molar-refractivity contribution is -0.387.